The summed E-state index contributed by atoms with van der Waals surface area (Å²) in [7, 11) is 0. The third-order valence-corrected chi connectivity index (χ3v) is 4.78. The number of benzene rings is 1. The Labute approximate surface area is 153 Å². The van der Waals surface area contributed by atoms with Gasteiger partial charge in [-0.3, -0.25) is 4.98 Å². The molecule has 0 saturated carbocycles. The van der Waals surface area contributed by atoms with Crippen LogP contribution in [0, 0.1) is 6.92 Å². The van der Waals surface area contributed by atoms with E-state index in [9.17, 15) is 0 Å². The Morgan fingerprint density at radius 2 is 2.04 bits per heavy atom. The number of nitrogens with one attached hydrogen (secondary N) is 1. The quantitative estimate of drug-likeness (QED) is 0.741. The highest BCUT2D eigenvalue weighted by atomic mass is 16.5. The van der Waals surface area contributed by atoms with Crippen molar-refractivity contribution >= 4 is 0 Å². The van der Waals surface area contributed by atoms with E-state index in [1.165, 1.54) is 5.56 Å². The third kappa shape index (κ3) is 3.91. The maximum atomic E-state index is 5.81. The number of fused-ring (bicyclic) bond motifs is 1. The number of rotatable bonds is 6. The van der Waals surface area contributed by atoms with Gasteiger partial charge in [0.25, 0.3) is 0 Å². The monoisotopic (exact) mass is 349 g/mol. The largest absolute Gasteiger partial charge is 0.489 e. The van der Waals surface area contributed by atoms with E-state index in [1.807, 2.05) is 37.4 Å². The minimum atomic E-state index is 0.457. The molecule has 1 aliphatic heterocycles. The highest BCUT2D eigenvalue weighted by Crippen LogP contribution is 2.17. The zero-order valence-electron chi connectivity index (χ0n) is 14.9. The Kier molecular flexibility index (Phi) is 4.93. The predicted octanol–water partition coefficient (Wildman–Crippen LogP) is 2.67. The van der Waals surface area contributed by atoms with E-state index in [1.54, 1.807) is 6.20 Å². The van der Waals surface area contributed by atoms with Crippen LogP contribution in [0.2, 0.25) is 0 Å². The van der Waals surface area contributed by atoms with Gasteiger partial charge >= 0.3 is 0 Å². The molecule has 3 heterocycles. The summed E-state index contributed by atoms with van der Waals surface area (Å²) in [5.74, 6) is 2.98. The van der Waals surface area contributed by atoms with Crippen molar-refractivity contribution in [2.45, 2.75) is 45.5 Å². The smallest absolute Gasteiger partial charge is 0.133 e. The summed E-state index contributed by atoms with van der Waals surface area (Å²) < 4.78 is 8.03. The van der Waals surface area contributed by atoms with Gasteiger partial charge in [-0.1, -0.05) is 18.2 Å². The first kappa shape index (κ1) is 16.7. The molecule has 2 aromatic heterocycles. The second kappa shape index (κ2) is 7.66. The second-order valence-electron chi connectivity index (χ2n) is 6.68. The van der Waals surface area contributed by atoms with Gasteiger partial charge in [-0.2, -0.15) is 0 Å². The van der Waals surface area contributed by atoms with Crippen molar-refractivity contribution in [1.29, 1.82) is 0 Å². The van der Waals surface area contributed by atoms with Crippen molar-refractivity contribution < 1.29 is 4.74 Å². The lowest BCUT2D eigenvalue weighted by molar-refractivity contribution is 0.305. The first-order valence-corrected chi connectivity index (χ1v) is 9.00. The Bertz CT molecular complexity index is 844. The molecule has 0 unspecified atom stereocenters. The molecule has 4 rings (SSSR count). The normalized spacial score (nSPS) is 16.3. The van der Waals surface area contributed by atoms with Crippen LogP contribution in [-0.4, -0.2) is 25.8 Å². The molecule has 1 aliphatic rings. The maximum Gasteiger partial charge on any atom is 0.133 e. The van der Waals surface area contributed by atoms with Gasteiger partial charge in [-0.05, 0) is 37.1 Å². The van der Waals surface area contributed by atoms with Gasteiger partial charge in [0.05, 0.1) is 0 Å². The van der Waals surface area contributed by atoms with Crippen LogP contribution in [0.5, 0.6) is 5.75 Å². The molecule has 1 N–H and O–H groups in total. The first-order valence-electron chi connectivity index (χ1n) is 9.00. The van der Waals surface area contributed by atoms with Crippen LogP contribution in [0.4, 0.5) is 0 Å². The Balaban J connectivity index is 1.27. The van der Waals surface area contributed by atoms with Crippen molar-refractivity contribution in [1.82, 2.24) is 25.1 Å². The molecule has 0 spiro atoms. The second-order valence-corrected chi connectivity index (χ2v) is 6.68. The Morgan fingerprint density at radius 3 is 2.85 bits per heavy atom. The standard InChI is InChI=1S/C20H23N5O/c1-15-23-24-20-9-6-18(13-25(15)20)22-12-16-4-7-19(8-5-16)26-14-17-3-2-10-21-11-17/h2-5,7-8,10-11,18,22H,6,9,12-14H2,1H3/t18-/m0/s1. The van der Waals surface area contributed by atoms with E-state index in [0.29, 0.717) is 12.6 Å². The number of hydrogen-bond acceptors (Lipinski definition) is 5. The lowest BCUT2D eigenvalue weighted by Gasteiger charge is -2.25. The van der Waals surface area contributed by atoms with Gasteiger partial charge in [0.2, 0.25) is 0 Å². The summed E-state index contributed by atoms with van der Waals surface area (Å²) in [5, 5.41) is 12.0. The molecule has 1 aromatic carbocycles. The summed E-state index contributed by atoms with van der Waals surface area (Å²) in [6, 6.07) is 12.7. The fraction of sp³-hybridized carbons (Fsp3) is 0.350. The number of ether oxygens (including phenoxy) is 1. The highest BCUT2D eigenvalue weighted by Gasteiger charge is 2.20. The van der Waals surface area contributed by atoms with E-state index in [-0.39, 0.29) is 0 Å². The van der Waals surface area contributed by atoms with Gasteiger partial charge < -0.3 is 14.6 Å². The summed E-state index contributed by atoms with van der Waals surface area (Å²) in [5.41, 5.74) is 2.32. The zero-order chi connectivity index (χ0) is 17.8. The van der Waals surface area contributed by atoms with Crippen LogP contribution in [0.3, 0.4) is 0 Å². The van der Waals surface area contributed by atoms with Crippen LogP contribution in [-0.2, 0) is 26.1 Å². The minimum Gasteiger partial charge on any atom is -0.489 e. The molecule has 3 aromatic rings. The van der Waals surface area contributed by atoms with Gasteiger partial charge in [0, 0.05) is 43.5 Å². The number of hydrogen-bond donors (Lipinski definition) is 1. The van der Waals surface area contributed by atoms with Crippen LogP contribution >= 0.6 is 0 Å². The van der Waals surface area contributed by atoms with Gasteiger partial charge in [0.1, 0.15) is 24.0 Å². The molecule has 0 radical (unpaired) electrons. The first-order chi connectivity index (χ1) is 12.8. The molecule has 0 aliphatic carbocycles. The van der Waals surface area contributed by atoms with E-state index >= 15 is 0 Å². The van der Waals surface area contributed by atoms with Gasteiger partial charge in [-0.15, -0.1) is 10.2 Å². The average molecular weight is 349 g/mol. The summed E-state index contributed by atoms with van der Waals surface area (Å²) in [6.07, 6.45) is 5.68. The maximum absolute atomic E-state index is 5.81. The molecule has 0 bridgehead atoms. The van der Waals surface area contributed by atoms with E-state index in [4.69, 9.17) is 4.74 Å². The summed E-state index contributed by atoms with van der Waals surface area (Å²) in [6.45, 7) is 4.35. The number of aryl methyl sites for hydroxylation is 2. The van der Waals surface area contributed by atoms with E-state index in [0.717, 1.165) is 48.9 Å². The van der Waals surface area contributed by atoms with Crippen molar-refractivity contribution in [3.63, 3.8) is 0 Å². The molecular formula is C20H23N5O. The van der Waals surface area contributed by atoms with E-state index < -0.39 is 0 Å². The topological polar surface area (TPSA) is 64.9 Å². The van der Waals surface area contributed by atoms with Gasteiger partial charge in [-0.25, -0.2) is 0 Å². The lowest BCUT2D eigenvalue weighted by Crippen LogP contribution is -2.37. The zero-order valence-corrected chi connectivity index (χ0v) is 14.9. The molecule has 26 heavy (non-hydrogen) atoms. The molecule has 1 atom stereocenters. The van der Waals surface area contributed by atoms with E-state index in [2.05, 4.69) is 37.2 Å². The van der Waals surface area contributed by atoms with Crippen molar-refractivity contribution in [3.05, 3.63) is 71.6 Å². The molecule has 0 saturated heterocycles. The Hall–Kier alpha value is -2.73. The molecule has 0 amide bonds. The van der Waals surface area contributed by atoms with Crippen LogP contribution in [0.15, 0.2) is 48.8 Å². The van der Waals surface area contributed by atoms with Crippen LogP contribution in [0.25, 0.3) is 0 Å². The lowest BCUT2D eigenvalue weighted by atomic mass is 10.1. The van der Waals surface area contributed by atoms with Crippen LogP contribution < -0.4 is 10.1 Å². The molecule has 6 heteroatoms. The highest BCUT2D eigenvalue weighted by molar-refractivity contribution is 5.27. The van der Waals surface area contributed by atoms with Crippen molar-refractivity contribution in [3.8, 4) is 5.75 Å². The average Bonchev–Trinajstić information content (AvgIpc) is 3.07. The third-order valence-electron chi connectivity index (χ3n) is 4.78. The fourth-order valence-corrected chi connectivity index (χ4v) is 3.24. The predicted molar refractivity (Wildman–Crippen MR) is 98.7 cm³/mol. The molecular weight excluding hydrogens is 326 g/mol. The van der Waals surface area contributed by atoms with Gasteiger partial charge in [0.15, 0.2) is 0 Å². The van der Waals surface area contributed by atoms with Crippen molar-refractivity contribution in [2.75, 3.05) is 0 Å². The molecule has 6 nitrogen and oxygen atoms in total. The number of nitrogens with zero attached hydrogens (tertiary/aromatic N) is 4. The summed E-state index contributed by atoms with van der Waals surface area (Å²) in [4.78, 5) is 4.10. The minimum absolute atomic E-state index is 0.457. The fourth-order valence-electron chi connectivity index (χ4n) is 3.24. The summed E-state index contributed by atoms with van der Waals surface area (Å²) >= 11 is 0. The molecule has 134 valence electrons. The molecule has 0 fully saturated rings. The Morgan fingerprint density at radius 1 is 1.15 bits per heavy atom. The number of pyridine rings is 1. The van der Waals surface area contributed by atoms with Crippen LogP contribution in [0.1, 0.15) is 29.2 Å². The van der Waals surface area contributed by atoms with Crippen molar-refractivity contribution in [2.24, 2.45) is 0 Å². The SMILES string of the molecule is Cc1nnc2n1C[C@@H](NCc1ccc(OCc3cccnc3)cc1)CC2. The number of aromatic nitrogens is 4.